The van der Waals surface area contributed by atoms with E-state index in [4.69, 9.17) is 0 Å². The van der Waals surface area contributed by atoms with Crippen molar-refractivity contribution in [2.75, 3.05) is 6.54 Å². The van der Waals surface area contributed by atoms with E-state index in [1.165, 1.54) is 30.2 Å². The molecule has 3 nitrogen and oxygen atoms in total. The lowest BCUT2D eigenvalue weighted by atomic mass is 10.1. The standard InChI is InChI=1S/C15H23N3/c1-3-14(16-4-2)9-7-11-18-15-10-6-5-8-13(15)12-17-18/h5-6,8,10,12,14,16H,3-4,7,9,11H2,1-2H3. The van der Waals surface area contributed by atoms with Gasteiger partial charge in [0.15, 0.2) is 0 Å². The summed E-state index contributed by atoms with van der Waals surface area (Å²) in [6.07, 6.45) is 5.56. The maximum Gasteiger partial charge on any atom is 0.0682 e. The van der Waals surface area contributed by atoms with Gasteiger partial charge in [-0.3, -0.25) is 4.68 Å². The predicted molar refractivity (Wildman–Crippen MR) is 76.7 cm³/mol. The highest BCUT2D eigenvalue weighted by atomic mass is 15.3. The van der Waals surface area contributed by atoms with Gasteiger partial charge in [0.05, 0.1) is 11.7 Å². The summed E-state index contributed by atoms with van der Waals surface area (Å²) in [6.45, 7) is 6.49. The predicted octanol–water partition coefficient (Wildman–Crippen LogP) is 3.20. The van der Waals surface area contributed by atoms with Gasteiger partial charge in [-0.2, -0.15) is 5.10 Å². The quantitative estimate of drug-likeness (QED) is 0.811. The Kier molecular flexibility index (Phi) is 4.76. The highest BCUT2D eigenvalue weighted by Crippen LogP contribution is 2.13. The zero-order chi connectivity index (χ0) is 12.8. The van der Waals surface area contributed by atoms with Crippen LogP contribution in [-0.4, -0.2) is 22.4 Å². The molecular formula is C15H23N3. The summed E-state index contributed by atoms with van der Waals surface area (Å²) in [5.41, 5.74) is 1.24. The van der Waals surface area contributed by atoms with Gasteiger partial charge in [-0.15, -0.1) is 0 Å². The van der Waals surface area contributed by atoms with Gasteiger partial charge in [0, 0.05) is 18.0 Å². The Labute approximate surface area is 109 Å². The van der Waals surface area contributed by atoms with E-state index in [2.05, 4.69) is 53.2 Å². The maximum atomic E-state index is 4.46. The third-order valence-corrected chi connectivity index (χ3v) is 3.46. The van der Waals surface area contributed by atoms with E-state index < -0.39 is 0 Å². The molecule has 2 aromatic rings. The first-order chi connectivity index (χ1) is 8.85. The SMILES string of the molecule is CCNC(CC)CCCn1ncc2ccccc21. The minimum atomic E-state index is 0.650. The highest BCUT2D eigenvalue weighted by Gasteiger charge is 2.05. The smallest absolute Gasteiger partial charge is 0.0682 e. The summed E-state index contributed by atoms with van der Waals surface area (Å²) in [6, 6.07) is 9.05. The van der Waals surface area contributed by atoms with Crippen LogP contribution in [0.1, 0.15) is 33.1 Å². The van der Waals surface area contributed by atoms with Gasteiger partial charge in [-0.1, -0.05) is 32.0 Å². The van der Waals surface area contributed by atoms with Crippen molar-refractivity contribution in [3.05, 3.63) is 30.5 Å². The van der Waals surface area contributed by atoms with Crippen LogP contribution in [0.15, 0.2) is 30.5 Å². The van der Waals surface area contributed by atoms with Gasteiger partial charge < -0.3 is 5.32 Å². The zero-order valence-electron chi connectivity index (χ0n) is 11.4. The Bertz CT molecular complexity index is 475. The number of benzene rings is 1. The average Bonchev–Trinajstić information content (AvgIpc) is 2.81. The molecule has 1 atom stereocenters. The van der Waals surface area contributed by atoms with Gasteiger partial charge >= 0.3 is 0 Å². The molecule has 2 rings (SSSR count). The van der Waals surface area contributed by atoms with E-state index >= 15 is 0 Å². The molecule has 0 spiro atoms. The second-order valence-corrected chi connectivity index (χ2v) is 4.73. The number of nitrogens with one attached hydrogen (secondary N) is 1. The normalized spacial score (nSPS) is 13.0. The van der Waals surface area contributed by atoms with E-state index in [9.17, 15) is 0 Å². The Morgan fingerprint density at radius 2 is 2.11 bits per heavy atom. The maximum absolute atomic E-state index is 4.46. The Balaban J connectivity index is 1.90. The van der Waals surface area contributed by atoms with Crippen LogP contribution >= 0.6 is 0 Å². The van der Waals surface area contributed by atoms with Crippen LogP contribution in [-0.2, 0) is 6.54 Å². The van der Waals surface area contributed by atoms with Crippen LogP contribution in [0.2, 0.25) is 0 Å². The molecular weight excluding hydrogens is 222 g/mol. The molecule has 0 fully saturated rings. The third kappa shape index (κ3) is 3.10. The van der Waals surface area contributed by atoms with Gasteiger partial charge in [0.1, 0.15) is 0 Å². The van der Waals surface area contributed by atoms with E-state index in [-0.39, 0.29) is 0 Å². The lowest BCUT2D eigenvalue weighted by Crippen LogP contribution is -2.28. The van der Waals surface area contributed by atoms with E-state index in [0.29, 0.717) is 6.04 Å². The number of aromatic nitrogens is 2. The first-order valence-corrected chi connectivity index (χ1v) is 6.99. The summed E-state index contributed by atoms with van der Waals surface area (Å²) < 4.78 is 2.12. The number of hydrogen-bond acceptors (Lipinski definition) is 2. The van der Waals surface area contributed by atoms with Crippen LogP contribution < -0.4 is 5.32 Å². The fourth-order valence-electron chi connectivity index (χ4n) is 2.43. The van der Waals surface area contributed by atoms with Crippen molar-refractivity contribution >= 4 is 10.9 Å². The second-order valence-electron chi connectivity index (χ2n) is 4.73. The zero-order valence-corrected chi connectivity index (χ0v) is 11.4. The summed E-state index contributed by atoms with van der Waals surface area (Å²) in [5, 5.41) is 9.21. The van der Waals surface area contributed by atoms with Crippen LogP contribution in [0.5, 0.6) is 0 Å². The molecule has 1 unspecified atom stereocenters. The van der Waals surface area contributed by atoms with Crippen molar-refractivity contribution in [3.63, 3.8) is 0 Å². The first kappa shape index (κ1) is 13.1. The fourth-order valence-corrected chi connectivity index (χ4v) is 2.43. The van der Waals surface area contributed by atoms with Crippen LogP contribution in [0.4, 0.5) is 0 Å². The van der Waals surface area contributed by atoms with Crippen molar-refractivity contribution in [1.29, 1.82) is 0 Å². The van der Waals surface area contributed by atoms with Crippen LogP contribution in [0.25, 0.3) is 10.9 Å². The number of fused-ring (bicyclic) bond motifs is 1. The molecule has 3 heteroatoms. The van der Waals surface area contributed by atoms with E-state index in [0.717, 1.165) is 13.1 Å². The Morgan fingerprint density at radius 1 is 1.28 bits per heavy atom. The molecule has 0 amide bonds. The molecule has 0 aliphatic heterocycles. The third-order valence-electron chi connectivity index (χ3n) is 3.46. The molecule has 98 valence electrons. The molecule has 0 saturated heterocycles. The van der Waals surface area contributed by atoms with Crippen LogP contribution in [0, 0.1) is 0 Å². The van der Waals surface area contributed by atoms with E-state index in [1.54, 1.807) is 0 Å². The van der Waals surface area contributed by atoms with Crippen molar-refractivity contribution in [1.82, 2.24) is 15.1 Å². The van der Waals surface area contributed by atoms with Crippen LogP contribution in [0.3, 0.4) is 0 Å². The van der Waals surface area contributed by atoms with E-state index in [1.807, 2.05) is 6.20 Å². The minimum absolute atomic E-state index is 0.650. The highest BCUT2D eigenvalue weighted by molar-refractivity contribution is 5.78. The number of hydrogen-bond donors (Lipinski definition) is 1. The number of nitrogens with zero attached hydrogens (tertiary/aromatic N) is 2. The second kappa shape index (κ2) is 6.55. The molecule has 0 radical (unpaired) electrons. The largest absolute Gasteiger partial charge is 0.314 e. The fraction of sp³-hybridized carbons (Fsp3) is 0.533. The summed E-state index contributed by atoms with van der Waals surface area (Å²) in [4.78, 5) is 0. The molecule has 1 aromatic heterocycles. The summed E-state index contributed by atoms with van der Waals surface area (Å²) in [5.74, 6) is 0. The molecule has 18 heavy (non-hydrogen) atoms. The number of aryl methyl sites for hydroxylation is 1. The first-order valence-electron chi connectivity index (χ1n) is 6.99. The summed E-state index contributed by atoms with van der Waals surface area (Å²) >= 11 is 0. The Hall–Kier alpha value is -1.35. The van der Waals surface area contributed by atoms with Crippen molar-refractivity contribution in [2.45, 2.75) is 45.7 Å². The molecule has 1 aromatic carbocycles. The molecule has 0 bridgehead atoms. The topological polar surface area (TPSA) is 29.9 Å². The van der Waals surface area contributed by atoms with Gasteiger partial charge in [0.2, 0.25) is 0 Å². The molecule has 0 saturated carbocycles. The van der Waals surface area contributed by atoms with Crippen molar-refractivity contribution in [2.24, 2.45) is 0 Å². The minimum Gasteiger partial charge on any atom is -0.314 e. The van der Waals surface area contributed by atoms with Crippen molar-refractivity contribution < 1.29 is 0 Å². The van der Waals surface area contributed by atoms with Gasteiger partial charge in [-0.05, 0) is 31.9 Å². The molecule has 1 N–H and O–H groups in total. The molecule has 0 aliphatic rings. The van der Waals surface area contributed by atoms with Crippen molar-refractivity contribution in [3.8, 4) is 0 Å². The number of para-hydroxylation sites is 1. The van der Waals surface area contributed by atoms with Gasteiger partial charge in [-0.25, -0.2) is 0 Å². The lowest BCUT2D eigenvalue weighted by Gasteiger charge is -2.15. The lowest BCUT2D eigenvalue weighted by molar-refractivity contribution is 0.443. The number of rotatable bonds is 7. The molecule has 1 heterocycles. The average molecular weight is 245 g/mol. The molecule has 0 aliphatic carbocycles. The monoisotopic (exact) mass is 245 g/mol. The van der Waals surface area contributed by atoms with Gasteiger partial charge in [0.25, 0.3) is 0 Å². The summed E-state index contributed by atoms with van der Waals surface area (Å²) in [7, 11) is 0. The Morgan fingerprint density at radius 3 is 2.89 bits per heavy atom.